The largest absolute Gasteiger partial charge is 0.327 e. The first-order chi connectivity index (χ1) is 6.24. The van der Waals surface area contributed by atoms with E-state index in [1.54, 1.807) is 0 Å². The minimum absolute atomic E-state index is 0. The maximum absolute atomic E-state index is 6.03. The van der Waals surface area contributed by atoms with Crippen molar-refractivity contribution in [1.82, 2.24) is 0 Å². The molecular weight excluding hydrogens is 261 g/mol. The molecule has 1 aromatic rings. The SMILES string of the molecule is Cl.N[C@H]1CC12CCc1cccc(Br)c12. The minimum Gasteiger partial charge on any atom is -0.327 e. The molecule has 2 aliphatic rings. The first-order valence-electron chi connectivity index (χ1n) is 4.77. The summed E-state index contributed by atoms with van der Waals surface area (Å²) in [5, 5.41) is 0. The summed E-state index contributed by atoms with van der Waals surface area (Å²) in [6.45, 7) is 0. The highest BCUT2D eigenvalue weighted by Crippen LogP contribution is 2.57. The third kappa shape index (κ3) is 1.17. The Bertz CT molecular complexity index is 380. The summed E-state index contributed by atoms with van der Waals surface area (Å²) in [5.41, 5.74) is 9.39. The van der Waals surface area contributed by atoms with E-state index >= 15 is 0 Å². The lowest BCUT2D eigenvalue weighted by molar-refractivity contribution is 0.649. The average molecular weight is 275 g/mol. The molecule has 3 rings (SSSR count). The molecule has 1 fully saturated rings. The number of hydrogen-bond donors (Lipinski definition) is 1. The van der Waals surface area contributed by atoms with Gasteiger partial charge in [0, 0.05) is 15.9 Å². The molecule has 1 unspecified atom stereocenters. The van der Waals surface area contributed by atoms with E-state index in [0.717, 1.165) is 0 Å². The summed E-state index contributed by atoms with van der Waals surface area (Å²) in [6.07, 6.45) is 3.65. The molecule has 1 spiro atoms. The number of aryl methyl sites for hydroxylation is 1. The fourth-order valence-corrected chi connectivity index (χ4v) is 3.53. The van der Waals surface area contributed by atoms with Crippen molar-refractivity contribution in [2.24, 2.45) is 5.73 Å². The lowest BCUT2D eigenvalue weighted by Gasteiger charge is -2.11. The predicted molar refractivity (Wildman–Crippen MR) is 64.0 cm³/mol. The molecule has 14 heavy (non-hydrogen) atoms. The zero-order chi connectivity index (χ0) is 9.05. The van der Waals surface area contributed by atoms with Crippen molar-refractivity contribution in [3.8, 4) is 0 Å². The van der Waals surface area contributed by atoms with Crippen molar-refractivity contribution in [1.29, 1.82) is 0 Å². The Labute approximate surface area is 98.6 Å². The summed E-state index contributed by atoms with van der Waals surface area (Å²) in [5.74, 6) is 0. The van der Waals surface area contributed by atoms with Gasteiger partial charge in [0.1, 0.15) is 0 Å². The number of rotatable bonds is 0. The molecule has 0 amide bonds. The summed E-state index contributed by atoms with van der Waals surface area (Å²) in [7, 11) is 0. The van der Waals surface area contributed by atoms with Crippen LogP contribution in [0.3, 0.4) is 0 Å². The zero-order valence-corrected chi connectivity index (χ0v) is 10.2. The van der Waals surface area contributed by atoms with Crippen LogP contribution in [0.15, 0.2) is 22.7 Å². The van der Waals surface area contributed by atoms with Gasteiger partial charge >= 0.3 is 0 Å². The Balaban J connectivity index is 0.000000750. The summed E-state index contributed by atoms with van der Waals surface area (Å²) in [4.78, 5) is 0. The van der Waals surface area contributed by atoms with Crippen LogP contribution in [0.5, 0.6) is 0 Å². The van der Waals surface area contributed by atoms with E-state index < -0.39 is 0 Å². The normalized spacial score (nSPS) is 32.6. The Morgan fingerprint density at radius 1 is 1.43 bits per heavy atom. The highest BCUT2D eigenvalue weighted by atomic mass is 79.9. The fraction of sp³-hybridized carbons (Fsp3) is 0.455. The Hall–Kier alpha value is -0.0500. The molecule has 1 saturated carbocycles. The first-order valence-corrected chi connectivity index (χ1v) is 5.57. The van der Waals surface area contributed by atoms with Gasteiger partial charge in [-0.2, -0.15) is 0 Å². The van der Waals surface area contributed by atoms with Crippen molar-refractivity contribution in [3.63, 3.8) is 0 Å². The Morgan fingerprint density at radius 3 is 2.79 bits per heavy atom. The van der Waals surface area contributed by atoms with Crippen molar-refractivity contribution >= 4 is 28.3 Å². The van der Waals surface area contributed by atoms with E-state index in [-0.39, 0.29) is 12.4 Å². The molecule has 0 aromatic heterocycles. The molecule has 0 heterocycles. The van der Waals surface area contributed by atoms with Gasteiger partial charge in [0.25, 0.3) is 0 Å². The molecule has 2 N–H and O–H groups in total. The van der Waals surface area contributed by atoms with Gasteiger partial charge in [0.15, 0.2) is 0 Å². The number of halogens is 2. The van der Waals surface area contributed by atoms with E-state index in [9.17, 15) is 0 Å². The molecule has 2 aliphatic carbocycles. The molecule has 1 aromatic carbocycles. The van der Waals surface area contributed by atoms with Gasteiger partial charge in [-0.1, -0.05) is 28.1 Å². The van der Waals surface area contributed by atoms with Crippen LogP contribution in [0.25, 0.3) is 0 Å². The quantitative estimate of drug-likeness (QED) is 0.773. The number of benzene rings is 1. The van der Waals surface area contributed by atoms with Crippen LogP contribution < -0.4 is 5.73 Å². The molecule has 0 saturated heterocycles. The second-order valence-electron chi connectivity index (χ2n) is 4.24. The third-order valence-corrected chi connectivity index (χ3v) is 4.23. The monoisotopic (exact) mass is 273 g/mol. The third-order valence-electron chi connectivity index (χ3n) is 3.57. The predicted octanol–water partition coefficient (Wildman–Crippen LogP) is 2.79. The molecule has 0 bridgehead atoms. The highest BCUT2D eigenvalue weighted by Gasteiger charge is 2.56. The van der Waals surface area contributed by atoms with Gasteiger partial charge in [0.05, 0.1) is 0 Å². The second kappa shape index (κ2) is 3.22. The molecule has 3 heteroatoms. The molecule has 0 aliphatic heterocycles. The molecule has 0 radical (unpaired) electrons. The van der Waals surface area contributed by atoms with E-state index in [1.807, 2.05) is 0 Å². The Morgan fingerprint density at radius 2 is 2.14 bits per heavy atom. The summed E-state index contributed by atoms with van der Waals surface area (Å²) in [6, 6.07) is 6.90. The van der Waals surface area contributed by atoms with Crippen LogP contribution in [0.4, 0.5) is 0 Å². The van der Waals surface area contributed by atoms with Gasteiger partial charge in [-0.3, -0.25) is 0 Å². The zero-order valence-electron chi connectivity index (χ0n) is 7.79. The lowest BCUT2D eigenvalue weighted by Crippen LogP contribution is -2.15. The fourth-order valence-electron chi connectivity index (χ4n) is 2.73. The molecule has 2 atom stereocenters. The maximum Gasteiger partial charge on any atom is 0.0216 e. The van der Waals surface area contributed by atoms with Gasteiger partial charge < -0.3 is 5.73 Å². The van der Waals surface area contributed by atoms with Crippen LogP contribution in [-0.2, 0) is 11.8 Å². The number of fused-ring (bicyclic) bond motifs is 2. The summed E-state index contributed by atoms with van der Waals surface area (Å²) >= 11 is 3.63. The topological polar surface area (TPSA) is 26.0 Å². The number of nitrogens with two attached hydrogens (primary N) is 1. The van der Waals surface area contributed by atoms with Crippen molar-refractivity contribution in [3.05, 3.63) is 33.8 Å². The maximum atomic E-state index is 6.03. The van der Waals surface area contributed by atoms with E-state index in [1.165, 1.54) is 34.9 Å². The van der Waals surface area contributed by atoms with E-state index in [0.29, 0.717) is 11.5 Å². The second-order valence-corrected chi connectivity index (χ2v) is 5.10. The highest BCUT2D eigenvalue weighted by molar-refractivity contribution is 9.10. The standard InChI is InChI=1S/C11H12BrN.ClH/c12-8-3-1-2-7-4-5-11(10(7)8)6-9(11)13;/h1-3,9H,4-6,13H2;1H/t9-,11?;/m0./s1. The lowest BCUT2D eigenvalue weighted by atomic mass is 9.98. The molecule has 1 nitrogen and oxygen atoms in total. The molecular formula is C11H13BrClN. The van der Waals surface area contributed by atoms with E-state index in [4.69, 9.17) is 5.73 Å². The van der Waals surface area contributed by atoms with Crippen LogP contribution in [-0.4, -0.2) is 6.04 Å². The van der Waals surface area contributed by atoms with Gasteiger partial charge in [-0.25, -0.2) is 0 Å². The smallest absolute Gasteiger partial charge is 0.0216 e. The van der Waals surface area contributed by atoms with Crippen molar-refractivity contribution in [2.45, 2.75) is 30.7 Å². The van der Waals surface area contributed by atoms with Crippen molar-refractivity contribution < 1.29 is 0 Å². The van der Waals surface area contributed by atoms with Gasteiger partial charge in [-0.15, -0.1) is 12.4 Å². The van der Waals surface area contributed by atoms with Crippen molar-refractivity contribution in [2.75, 3.05) is 0 Å². The van der Waals surface area contributed by atoms with Gasteiger partial charge in [0.2, 0.25) is 0 Å². The van der Waals surface area contributed by atoms with Crippen LogP contribution >= 0.6 is 28.3 Å². The van der Waals surface area contributed by atoms with Gasteiger partial charge in [-0.05, 0) is 36.5 Å². The first kappa shape index (κ1) is 10.5. The number of hydrogen-bond acceptors (Lipinski definition) is 1. The minimum atomic E-state index is 0. The average Bonchev–Trinajstić information content (AvgIpc) is 2.58. The van der Waals surface area contributed by atoms with Crippen LogP contribution in [0.2, 0.25) is 0 Å². The molecule has 76 valence electrons. The Kier molecular flexibility index (Phi) is 2.41. The van der Waals surface area contributed by atoms with Crippen LogP contribution in [0.1, 0.15) is 24.0 Å². The van der Waals surface area contributed by atoms with Crippen LogP contribution in [0, 0.1) is 0 Å². The summed E-state index contributed by atoms with van der Waals surface area (Å²) < 4.78 is 1.26. The van der Waals surface area contributed by atoms with E-state index in [2.05, 4.69) is 34.1 Å².